The highest BCUT2D eigenvalue weighted by Crippen LogP contribution is 2.49. The van der Waals surface area contributed by atoms with Gasteiger partial charge in [-0.3, -0.25) is 4.90 Å². The van der Waals surface area contributed by atoms with E-state index in [9.17, 15) is 0 Å². The molecule has 0 radical (unpaired) electrons. The van der Waals surface area contributed by atoms with Crippen LogP contribution in [0.3, 0.4) is 0 Å². The van der Waals surface area contributed by atoms with Crippen LogP contribution >= 0.6 is 8.58 Å². The molecule has 0 aromatic heterocycles. The number of hydrogen-bond donors (Lipinski definition) is 0. The number of nitrogens with zero attached hydrogens (tertiary/aromatic N) is 1. The van der Waals surface area contributed by atoms with Crippen molar-refractivity contribution in [1.82, 2.24) is 4.90 Å². The highest BCUT2D eigenvalue weighted by molar-refractivity contribution is 7.48. The maximum absolute atomic E-state index is 6.03. The Morgan fingerprint density at radius 2 is 1.72 bits per heavy atom. The molecular formula is C28H44NO2P. The molecule has 2 rings (SSSR count). The van der Waals surface area contributed by atoms with Gasteiger partial charge in [0.2, 0.25) is 0 Å². The summed E-state index contributed by atoms with van der Waals surface area (Å²) in [5, 5.41) is 1.51. The molecule has 2 atom stereocenters. The van der Waals surface area contributed by atoms with Crippen LogP contribution in [0.2, 0.25) is 0 Å². The van der Waals surface area contributed by atoms with Gasteiger partial charge in [-0.05, 0) is 70.5 Å². The molecule has 0 saturated carbocycles. The van der Waals surface area contributed by atoms with Gasteiger partial charge in [-0.15, -0.1) is 0 Å². The summed E-state index contributed by atoms with van der Waals surface area (Å²) >= 11 is 0. The first-order chi connectivity index (χ1) is 15.1. The molecule has 0 fully saturated rings. The molecule has 4 heteroatoms. The van der Waals surface area contributed by atoms with Gasteiger partial charge >= 0.3 is 0 Å². The number of methoxy groups -OCH3 is 1. The summed E-state index contributed by atoms with van der Waals surface area (Å²) in [6.45, 7) is 19.6. The Morgan fingerprint density at radius 3 is 2.31 bits per heavy atom. The fraction of sp³-hybridized carbons (Fsp3) is 0.571. The summed E-state index contributed by atoms with van der Waals surface area (Å²) < 4.78 is 11.3. The Bertz CT molecular complexity index is 857. The first-order valence-corrected chi connectivity index (χ1v) is 13.0. The fourth-order valence-electron chi connectivity index (χ4n) is 4.56. The van der Waals surface area contributed by atoms with Gasteiger partial charge in [-0.2, -0.15) is 0 Å². The Hall–Kier alpha value is -1.41. The summed E-state index contributed by atoms with van der Waals surface area (Å²) in [6, 6.07) is 14.4. The SMILES string of the molecule is CCCC(C)(Pc1c(C)cccc1CN(C(C)C)C(C)C)c1cc(C)ccc1OCOC. The second-order valence-corrected chi connectivity index (χ2v) is 11.6. The van der Waals surface area contributed by atoms with Crippen molar-refractivity contribution in [2.24, 2.45) is 0 Å². The van der Waals surface area contributed by atoms with Gasteiger partial charge in [0.05, 0.1) is 0 Å². The Labute approximate surface area is 198 Å². The number of hydrogen-bond acceptors (Lipinski definition) is 3. The second kappa shape index (κ2) is 12.2. The van der Waals surface area contributed by atoms with E-state index in [1.54, 1.807) is 7.11 Å². The molecule has 0 aliphatic heterocycles. The lowest BCUT2D eigenvalue weighted by atomic mass is 9.93. The minimum Gasteiger partial charge on any atom is -0.467 e. The van der Waals surface area contributed by atoms with E-state index in [1.807, 2.05) is 0 Å². The van der Waals surface area contributed by atoms with E-state index in [-0.39, 0.29) is 11.9 Å². The molecule has 0 amide bonds. The van der Waals surface area contributed by atoms with Crippen molar-refractivity contribution in [1.29, 1.82) is 0 Å². The molecule has 2 unspecified atom stereocenters. The number of ether oxygens (including phenoxy) is 2. The summed E-state index contributed by atoms with van der Waals surface area (Å²) in [5.41, 5.74) is 5.42. The average Bonchev–Trinajstić information content (AvgIpc) is 2.73. The third kappa shape index (κ3) is 6.80. The van der Waals surface area contributed by atoms with Crippen molar-refractivity contribution < 1.29 is 9.47 Å². The van der Waals surface area contributed by atoms with E-state index in [1.165, 1.54) is 27.6 Å². The van der Waals surface area contributed by atoms with Gasteiger partial charge < -0.3 is 9.47 Å². The molecule has 3 nitrogen and oxygen atoms in total. The lowest BCUT2D eigenvalue weighted by Crippen LogP contribution is -2.37. The van der Waals surface area contributed by atoms with Crippen molar-refractivity contribution >= 4 is 13.9 Å². The average molecular weight is 458 g/mol. The first-order valence-electron chi connectivity index (χ1n) is 12.0. The smallest absolute Gasteiger partial charge is 0.188 e. The highest BCUT2D eigenvalue weighted by Gasteiger charge is 2.31. The van der Waals surface area contributed by atoms with Crippen LogP contribution in [0.5, 0.6) is 5.75 Å². The number of aryl methyl sites for hydroxylation is 2. The molecule has 0 saturated heterocycles. The number of benzene rings is 2. The lowest BCUT2D eigenvalue weighted by Gasteiger charge is -2.35. The molecule has 0 N–H and O–H groups in total. The van der Waals surface area contributed by atoms with Gasteiger partial charge in [-0.1, -0.05) is 64.7 Å². The van der Waals surface area contributed by atoms with Gasteiger partial charge in [0, 0.05) is 36.5 Å². The zero-order chi connectivity index (χ0) is 23.9. The quantitative estimate of drug-likeness (QED) is 0.255. The summed E-state index contributed by atoms with van der Waals surface area (Å²) in [5.74, 6) is 0.946. The van der Waals surface area contributed by atoms with Crippen LogP contribution in [0, 0.1) is 13.8 Å². The maximum atomic E-state index is 6.03. The van der Waals surface area contributed by atoms with Gasteiger partial charge in [-0.25, -0.2) is 0 Å². The van der Waals surface area contributed by atoms with Crippen molar-refractivity contribution in [3.05, 3.63) is 58.7 Å². The fourth-order valence-corrected chi connectivity index (χ4v) is 6.42. The predicted octanol–water partition coefficient (Wildman–Crippen LogP) is 6.92. The minimum atomic E-state index is 0.00516. The van der Waals surface area contributed by atoms with Crippen molar-refractivity contribution in [2.45, 2.75) is 92.0 Å². The van der Waals surface area contributed by atoms with Crippen LogP contribution in [-0.4, -0.2) is 30.9 Å². The molecule has 178 valence electrons. The predicted molar refractivity (Wildman–Crippen MR) is 141 cm³/mol. The monoisotopic (exact) mass is 457 g/mol. The first kappa shape index (κ1) is 26.8. The van der Waals surface area contributed by atoms with Gasteiger partial charge in [0.15, 0.2) is 6.79 Å². The highest BCUT2D eigenvalue weighted by atomic mass is 31.1. The Morgan fingerprint density at radius 1 is 1.03 bits per heavy atom. The third-order valence-corrected chi connectivity index (χ3v) is 8.29. The topological polar surface area (TPSA) is 21.7 Å². The van der Waals surface area contributed by atoms with E-state index in [4.69, 9.17) is 9.47 Å². The molecule has 0 heterocycles. The Balaban J connectivity index is 2.53. The van der Waals surface area contributed by atoms with Crippen molar-refractivity contribution in [3.63, 3.8) is 0 Å². The van der Waals surface area contributed by atoms with E-state index in [0.29, 0.717) is 20.7 Å². The van der Waals surface area contributed by atoms with E-state index in [0.717, 1.165) is 25.1 Å². The molecule has 2 aromatic carbocycles. The van der Waals surface area contributed by atoms with Gasteiger partial charge in [0.1, 0.15) is 5.75 Å². The van der Waals surface area contributed by atoms with Crippen LogP contribution in [0.1, 0.15) is 76.6 Å². The summed E-state index contributed by atoms with van der Waals surface area (Å²) in [4.78, 5) is 2.58. The molecular weight excluding hydrogens is 413 g/mol. The normalized spacial score (nSPS) is 14.1. The minimum absolute atomic E-state index is 0.00516. The van der Waals surface area contributed by atoms with Crippen LogP contribution in [-0.2, 0) is 16.4 Å². The van der Waals surface area contributed by atoms with E-state index >= 15 is 0 Å². The maximum Gasteiger partial charge on any atom is 0.188 e. The molecule has 2 aromatic rings. The molecule has 0 bridgehead atoms. The van der Waals surface area contributed by atoms with Crippen molar-refractivity contribution in [2.75, 3.05) is 13.9 Å². The molecule has 0 spiro atoms. The molecule has 32 heavy (non-hydrogen) atoms. The van der Waals surface area contributed by atoms with Crippen molar-refractivity contribution in [3.8, 4) is 5.75 Å². The Kier molecular flexibility index (Phi) is 10.2. The standard InChI is InChI=1S/C28H44NO2P/c1-10-16-28(8,25-17-22(6)14-15-26(25)31-19-30-9)32-27-23(7)12-11-13-24(27)18-29(20(2)3)21(4)5/h11-15,17,20-21,32H,10,16,18-19H2,1-9H3. The van der Waals surface area contributed by atoms with Crippen LogP contribution in [0.4, 0.5) is 0 Å². The summed E-state index contributed by atoms with van der Waals surface area (Å²) in [6.07, 6.45) is 2.25. The van der Waals surface area contributed by atoms with E-state index < -0.39 is 0 Å². The lowest BCUT2D eigenvalue weighted by molar-refractivity contribution is 0.0500. The van der Waals surface area contributed by atoms with Crippen LogP contribution < -0.4 is 10.0 Å². The van der Waals surface area contributed by atoms with Crippen LogP contribution in [0.25, 0.3) is 0 Å². The van der Waals surface area contributed by atoms with Gasteiger partial charge in [0.25, 0.3) is 0 Å². The molecule has 0 aliphatic carbocycles. The number of rotatable bonds is 12. The zero-order valence-corrected chi connectivity index (χ0v) is 22.7. The largest absolute Gasteiger partial charge is 0.467 e. The third-order valence-electron chi connectivity index (χ3n) is 6.25. The van der Waals surface area contributed by atoms with E-state index in [2.05, 4.69) is 96.7 Å². The van der Waals surface area contributed by atoms with Crippen LogP contribution in [0.15, 0.2) is 36.4 Å². The second-order valence-electron chi connectivity index (χ2n) is 9.73. The summed E-state index contributed by atoms with van der Waals surface area (Å²) in [7, 11) is 2.34. The molecule has 0 aliphatic rings. The zero-order valence-electron chi connectivity index (χ0n) is 21.7.